The van der Waals surface area contributed by atoms with Crippen molar-refractivity contribution in [2.45, 2.75) is 13.5 Å². The molecule has 1 amide bonds. The van der Waals surface area contributed by atoms with Crippen LogP contribution in [-0.2, 0) is 11.3 Å². The Bertz CT molecular complexity index is 1010. The molecule has 1 aromatic heterocycles. The Hall–Kier alpha value is -3.94. The van der Waals surface area contributed by atoms with Gasteiger partial charge in [-0.05, 0) is 37.3 Å². The van der Waals surface area contributed by atoms with E-state index in [1.807, 2.05) is 6.07 Å². The number of non-ortho nitro benzene ring substituents is 1. The van der Waals surface area contributed by atoms with E-state index in [0.29, 0.717) is 11.4 Å². The zero-order valence-electron chi connectivity index (χ0n) is 15.6. The van der Waals surface area contributed by atoms with Crippen LogP contribution in [0.4, 0.5) is 11.4 Å². The number of ether oxygens (including phenoxy) is 1. The summed E-state index contributed by atoms with van der Waals surface area (Å²) in [6, 6.07) is 15.8. The molecule has 0 N–H and O–H groups in total. The second-order valence-corrected chi connectivity index (χ2v) is 6.05. The zero-order chi connectivity index (χ0) is 20.8. The van der Waals surface area contributed by atoms with Crippen molar-refractivity contribution in [3.63, 3.8) is 0 Å². The third kappa shape index (κ3) is 4.67. The van der Waals surface area contributed by atoms with Gasteiger partial charge in [-0.25, -0.2) is 4.79 Å². The molecule has 0 radical (unpaired) electrons. The average molecular weight is 394 g/mol. The Morgan fingerprint density at radius 1 is 1.07 bits per heavy atom. The van der Waals surface area contributed by atoms with E-state index in [0.717, 1.165) is 12.1 Å². The van der Waals surface area contributed by atoms with Crippen molar-refractivity contribution >= 4 is 23.3 Å². The van der Waals surface area contributed by atoms with Crippen LogP contribution in [0.1, 0.15) is 33.4 Å². The predicted octanol–water partition coefficient (Wildman–Crippen LogP) is 4.21. The van der Waals surface area contributed by atoms with Crippen LogP contribution in [0.5, 0.6) is 0 Å². The molecular weight excluding hydrogens is 376 g/mol. The quantitative estimate of drug-likeness (QED) is 0.338. The van der Waals surface area contributed by atoms with Crippen LogP contribution in [0.25, 0.3) is 0 Å². The van der Waals surface area contributed by atoms with Crippen LogP contribution in [-0.4, -0.2) is 23.4 Å². The van der Waals surface area contributed by atoms with E-state index in [4.69, 9.17) is 9.15 Å². The Balaban J connectivity index is 2.04. The number of furan rings is 1. The number of nitro benzene ring substituents is 1. The van der Waals surface area contributed by atoms with Crippen molar-refractivity contribution in [2.75, 3.05) is 11.5 Å². The molecule has 0 atom stereocenters. The first kappa shape index (κ1) is 19.8. The summed E-state index contributed by atoms with van der Waals surface area (Å²) < 4.78 is 10.3. The van der Waals surface area contributed by atoms with Crippen molar-refractivity contribution in [3.8, 4) is 0 Å². The summed E-state index contributed by atoms with van der Waals surface area (Å²) in [6.45, 7) is 1.86. The molecule has 8 heteroatoms. The Labute approximate surface area is 166 Å². The number of anilines is 1. The van der Waals surface area contributed by atoms with Gasteiger partial charge in [0.05, 0.1) is 29.9 Å². The molecule has 0 saturated heterocycles. The lowest BCUT2D eigenvalue weighted by Crippen LogP contribution is -2.30. The minimum absolute atomic E-state index is 0.00216. The molecule has 0 aliphatic carbocycles. The van der Waals surface area contributed by atoms with E-state index in [1.165, 1.54) is 17.2 Å². The first-order chi connectivity index (χ1) is 14.0. The highest BCUT2D eigenvalue weighted by Crippen LogP contribution is 2.24. The summed E-state index contributed by atoms with van der Waals surface area (Å²) in [7, 11) is 0. The van der Waals surface area contributed by atoms with Gasteiger partial charge in [0.15, 0.2) is 0 Å². The smallest absolute Gasteiger partial charge is 0.338 e. The fraction of sp³-hybridized carbons (Fsp3) is 0.143. The largest absolute Gasteiger partial charge is 0.467 e. The maximum Gasteiger partial charge on any atom is 0.338 e. The first-order valence-electron chi connectivity index (χ1n) is 8.85. The van der Waals surface area contributed by atoms with Gasteiger partial charge in [-0.3, -0.25) is 14.9 Å². The molecule has 0 fully saturated rings. The lowest BCUT2D eigenvalue weighted by molar-refractivity contribution is -0.384. The summed E-state index contributed by atoms with van der Waals surface area (Å²) in [4.78, 5) is 37.5. The number of carbonyl (C=O) groups excluding carboxylic acids is 2. The molecule has 3 rings (SSSR count). The van der Waals surface area contributed by atoms with Crippen LogP contribution in [0.3, 0.4) is 0 Å². The summed E-state index contributed by atoms with van der Waals surface area (Å²) >= 11 is 0. The van der Waals surface area contributed by atoms with Gasteiger partial charge in [-0.2, -0.15) is 0 Å². The molecule has 1 heterocycles. The predicted molar refractivity (Wildman–Crippen MR) is 105 cm³/mol. The van der Waals surface area contributed by atoms with Crippen LogP contribution < -0.4 is 4.90 Å². The van der Waals surface area contributed by atoms with Crippen LogP contribution >= 0.6 is 0 Å². The highest BCUT2D eigenvalue weighted by molar-refractivity contribution is 6.07. The average Bonchev–Trinajstić information content (AvgIpc) is 3.25. The first-order valence-corrected chi connectivity index (χ1v) is 8.85. The molecule has 0 aliphatic rings. The van der Waals surface area contributed by atoms with Crippen LogP contribution in [0.15, 0.2) is 71.3 Å². The number of amides is 1. The normalized spacial score (nSPS) is 10.4. The minimum atomic E-state index is -0.734. The molecule has 8 nitrogen and oxygen atoms in total. The number of hydrogen-bond acceptors (Lipinski definition) is 6. The molecule has 0 saturated carbocycles. The third-order valence-corrected chi connectivity index (χ3v) is 4.09. The standard InChI is InChI=1S/C21H18N2O6/c1-2-28-21(25)16-11-15(12-18(13-16)23(26)27)20(24)22(14-19-9-6-10-29-19)17-7-4-3-5-8-17/h3-13H,2,14H2,1H3. The molecule has 0 aliphatic heterocycles. The topological polar surface area (TPSA) is 103 Å². The lowest BCUT2D eigenvalue weighted by Gasteiger charge is -2.22. The second kappa shape index (κ2) is 8.83. The van der Waals surface area contributed by atoms with Crippen LogP contribution in [0.2, 0.25) is 0 Å². The number of hydrogen-bond donors (Lipinski definition) is 0. The molecule has 0 unspecified atom stereocenters. The molecule has 29 heavy (non-hydrogen) atoms. The SMILES string of the molecule is CCOC(=O)c1cc(C(=O)N(Cc2ccco2)c2ccccc2)cc([N+](=O)[O-])c1. The second-order valence-electron chi connectivity index (χ2n) is 6.05. The highest BCUT2D eigenvalue weighted by atomic mass is 16.6. The molecular formula is C21H18N2O6. The number of benzene rings is 2. The van der Waals surface area contributed by atoms with Gasteiger partial charge in [0.25, 0.3) is 11.6 Å². The number of carbonyl (C=O) groups is 2. The van der Waals surface area contributed by atoms with Crippen molar-refractivity contribution < 1.29 is 23.7 Å². The molecule has 0 spiro atoms. The van der Waals surface area contributed by atoms with Crippen molar-refractivity contribution in [1.29, 1.82) is 0 Å². The molecule has 3 aromatic rings. The number of esters is 1. The van der Waals surface area contributed by atoms with E-state index in [2.05, 4.69) is 0 Å². The maximum atomic E-state index is 13.3. The summed E-state index contributed by atoms with van der Waals surface area (Å²) in [5.74, 6) is -0.706. The zero-order valence-corrected chi connectivity index (χ0v) is 15.6. The van der Waals surface area contributed by atoms with E-state index < -0.39 is 16.8 Å². The highest BCUT2D eigenvalue weighted by Gasteiger charge is 2.24. The lowest BCUT2D eigenvalue weighted by atomic mass is 10.1. The van der Waals surface area contributed by atoms with E-state index in [9.17, 15) is 19.7 Å². The van der Waals surface area contributed by atoms with Crippen molar-refractivity contribution in [1.82, 2.24) is 0 Å². The summed E-state index contributed by atoms with van der Waals surface area (Å²) in [5.41, 5.74) is 0.149. The number of para-hydroxylation sites is 1. The molecule has 0 bridgehead atoms. The fourth-order valence-corrected chi connectivity index (χ4v) is 2.77. The van der Waals surface area contributed by atoms with Crippen molar-refractivity contribution in [3.05, 3.63) is 93.9 Å². The van der Waals surface area contributed by atoms with Crippen LogP contribution in [0, 0.1) is 10.1 Å². The summed E-state index contributed by atoms with van der Waals surface area (Å²) in [5, 5.41) is 11.3. The van der Waals surface area contributed by atoms with E-state index in [1.54, 1.807) is 43.3 Å². The molecule has 148 valence electrons. The monoisotopic (exact) mass is 394 g/mol. The van der Waals surface area contributed by atoms with E-state index in [-0.39, 0.29) is 30.0 Å². The molecule has 2 aromatic carbocycles. The third-order valence-electron chi connectivity index (χ3n) is 4.09. The Morgan fingerprint density at radius 2 is 1.79 bits per heavy atom. The van der Waals surface area contributed by atoms with Gasteiger partial charge in [0.1, 0.15) is 5.76 Å². The number of rotatable bonds is 7. The van der Waals surface area contributed by atoms with Crippen molar-refractivity contribution in [2.24, 2.45) is 0 Å². The Morgan fingerprint density at radius 3 is 2.41 bits per heavy atom. The van der Waals surface area contributed by atoms with Gasteiger partial charge >= 0.3 is 5.97 Å². The van der Waals surface area contributed by atoms with Gasteiger partial charge in [-0.15, -0.1) is 0 Å². The maximum absolute atomic E-state index is 13.3. The van der Waals surface area contributed by atoms with E-state index >= 15 is 0 Å². The fourth-order valence-electron chi connectivity index (χ4n) is 2.77. The number of nitrogens with zero attached hydrogens (tertiary/aromatic N) is 2. The number of nitro groups is 1. The van der Waals surface area contributed by atoms with Gasteiger partial charge < -0.3 is 14.1 Å². The summed E-state index contributed by atoms with van der Waals surface area (Å²) in [6.07, 6.45) is 1.50. The van der Waals surface area contributed by atoms with Gasteiger partial charge in [0, 0.05) is 23.4 Å². The van der Waals surface area contributed by atoms with Gasteiger partial charge in [0.2, 0.25) is 0 Å². The minimum Gasteiger partial charge on any atom is -0.467 e. The van der Waals surface area contributed by atoms with Gasteiger partial charge in [-0.1, -0.05) is 18.2 Å². The Kier molecular flexibility index (Phi) is 6.03.